The van der Waals surface area contributed by atoms with Crippen LogP contribution in [0.3, 0.4) is 0 Å². The molecule has 0 saturated heterocycles. The summed E-state index contributed by atoms with van der Waals surface area (Å²) in [4.78, 5) is 2.52. The fraction of sp³-hybridized carbons (Fsp3) is 0.625. The van der Waals surface area contributed by atoms with E-state index in [-0.39, 0.29) is 0 Å². The molecule has 17 heavy (non-hydrogen) atoms. The molecule has 0 aromatic carbocycles. The van der Waals surface area contributed by atoms with Gasteiger partial charge in [0.15, 0.2) is 0 Å². The molecule has 0 radical (unpaired) electrons. The first-order chi connectivity index (χ1) is 7.97. The molecule has 0 aliphatic carbocycles. The summed E-state index contributed by atoms with van der Waals surface area (Å²) in [6.45, 7) is 13.5. The van der Waals surface area contributed by atoms with E-state index < -0.39 is 0 Å². The quantitative estimate of drug-likeness (QED) is 0.645. The van der Waals surface area contributed by atoms with Gasteiger partial charge in [-0.15, -0.1) is 0 Å². The molecule has 1 heteroatoms. The summed E-state index contributed by atoms with van der Waals surface area (Å²) in [6.07, 6.45) is 9.98. The van der Waals surface area contributed by atoms with Gasteiger partial charge >= 0.3 is 0 Å². The van der Waals surface area contributed by atoms with Crippen LogP contribution in [0.2, 0.25) is 0 Å². The van der Waals surface area contributed by atoms with Gasteiger partial charge in [-0.2, -0.15) is 0 Å². The SMILES string of the molecule is C/C=C\C=C(/C)C1=CN(C(C)C)[C@H](C(C)C)C1. The maximum absolute atomic E-state index is 2.52. The van der Waals surface area contributed by atoms with E-state index in [9.17, 15) is 0 Å². The van der Waals surface area contributed by atoms with Gasteiger partial charge in [0, 0.05) is 18.3 Å². The zero-order valence-corrected chi connectivity index (χ0v) is 12.2. The third-order valence-electron chi connectivity index (χ3n) is 3.53. The van der Waals surface area contributed by atoms with Crippen molar-refractivity contribution in [1.29, 1.82) is 0 Å². The number of hydrogen-bond donors (Lipinski definition) is 0. The lowest BCUT2D eigenvalue weighted by atomic mass is 9.96. The zero-order chi connectivity index (χ0) is 13.0. The molecule has 1 rings (SSSR count). The van der Waals surface area contributed by atoms with Crippen molar-refractivity contribution in [1.82, 2.24) is 4.90 Å². The first-order valence-electron chi connectivity index (χ1n) is 6.75. The standard InChI is InChI=1S/C16H27N/c1-7-8-9-14(6)15-10-16(12(2)3)17(11-15)13(4)5/h7-9,11-13,16H,10H2,1-6H3/b8-7-,14-9+/t16-/m0/s1. The molecule has 1 atom stereocenters. The van der Waals surface area contributed by atoms with Crippen LogP contribution in [0, 0.1) is 5.92 Å². The van der Waals surface area contributed by atoms with E-state index >= 15 is 0 Å². The van der Waals surface area contributed by atoms with Crippen LogP contribution < -0.4 is 0 Å². The molecule has 1 aliphatic heterocycles. The van der Waals surface area contributed by atoms with Crippen LogP contribution in [0.1, 0.15) is 48.0 Å². The van der Waals surface area contributed by atoms with Gasteiger partial charge in [-0.25, -0.2) is 0 Å². The Morgan fingerprint density at radius 3 is 2.41 bits per heavy atom. The summed E-state index contributed by atoms with van der Waals surface area (Å²) in [5, 5.41) is 0. The Kier molecular flexibility index (Phi) is 5.04. The lowest BCUT2D eigenvalue weighted by molar-refractivity contribution is 0.200. The van der Waals surface area contributed by atoms with Crippen molar-refractivity contribution < 1.29 is 0 Å². The minimum Gasteiger partial charge on any atom is -0.371 e. The minimum absolute atomic E-state index is 0.592. The second kappa shape index (κ2) is 6.09. The maximum Gasteiger partial charge on any atom is 0.0351 e. The van der Waals surface area contributed by atoms with E-state index in [2.05, 4.69) is 70.9 Å². The summed E-state index contributed by atoms with van der Waals surface area (Å²) in [5.41, 5.74) is 2.90. The molecule has 0 aromatic heterocycles. The van der Waals surface area contributed by atoms with Gasteiger partial charge in [-0.1, -0.05) is 32.1 Å². The Labute approximate surface area is 107 Å². The van der Waals surface area contributed by atoms with Gasteiger partial charge in [0.1, 0.15) is 0 Å². The van der Waals surface area contributed by atoms with Gasteiger partial charge in [0.05, 0.1) is 0 Å². The fourth-order valence-corrected chi connectivity index (χ4v) is 2.38. The van der Waals surface area contributed by atoms with Crippen molar-refractivity contribution in [3.63, 3.8) is 0 Å². The number of hydrogen-bond acceptors (Lipinski definition) is 1. The van der Waals surface area contributed by atoms with Crippen molar-refractivity contribution in [2.75, 3.05) is 0 Å². The molecule has 1 nitrogen and oxygen atoms in total. The van der Waals surface area contributed by atoms with Crippen LogP contribution >= 0.6 is 0 Å². The Balaban J connectivity index is 2.87. The average Bonchev–Trinajstić information content (AvgIpc) is 2.70. The molecule has 96 valence electrons. The highest BCUT2D eigenvalue weighted by Gasteiger charge is 2.28. The van der Waals surface area contributed by atoms with E-state index in [0.717, 1.165) is 0 Å². The van der Waals surface area contributed by atoms with Crippen molar-refractivity contribution in [2.24, 2.45) is 5.92 Å². The minimum atomic E-state index is 0.592. The lowest BCUT2D eigenvalue weighted by Crippen LogP contribution is -2.36. The Bertz CT molecular complexity index is 331. The van der Waals surface area contributed by atoms with Crippen molar-refractivity contribution in [3.05, 3.63) is 35.6 Å². The van der Waals surface area contributed by atoms with Crippen molar-refractivity contribution >= 4 is 0 Å². The predicted octanol–water partition coefficient (Wildman–Crippen LogP) is 4.53. The molecule has 0 fully saturated rings. The molecule has 0 bridgehead atoms. The van der Waals surface area contributed by atoms with Gasteiger partial charge in [0.2, 0.25) is 0 Å². The zero-order valence-electron chi connectivity index (χ0n) is 12.2. The number of rotatable bonds is 4. The molecule has 0 N–H and O–H groups in total. The van der Waals surface area contributed by atoms with Gasteiger partial charge in [0.25, 0.3) is 0 Å². The van der Waals surface area contributed by atoms with Gasteiger partial charge < -0.3 is 4.90 Å². The normalized spacial score (nSPS) is 22.1. The van der Waals surface area contributed by atoms with E-state index in [0.29, 0.717) is 18.0 Å². The molecule has 1 aliphatic rings. The smallest absolute Gasteiger partial charge is 0.0351 e. The van der Waals surface area contributed by atoms with Crippen LogP contribution in [-0.2, 0) is 0 Å². The van der Waals surface area contributed by atoms with Crippen molar-refractivity contribution in [3.8, 4) is 0 Å². The second-order valence-electron chi connectivity index (χ2n) is 5.59. The number of nitrogens with zero attached hydrogens (tertiary/aromatic N) is 1. The molecule has 1 heterocycles. The number of allylic oxidation sites excluding steroid dienone is 4. The highest BCUT2D eigenvalue weighted by atomic mass is 15.2. The first-order valence-corrected chi connectivity index (χ1v) is 6.75. The summed E-state index contributed by atoms with van der Waals surface area (Å²) < 4.78 is 0. The topological polar surface area (TPSA) is 3.24 Å². The summed E-state index contributed by atoms with van der Waals surface area (Å²) in [5.74, 6) is 0.709. The Morgan fingerprint density at radius 1 is 1.35 bits per heavy atom. The molecule has 0 saturated carbocycles. The molecular weight excluding hydrogens is 206 g/mol. The largest absolute Gasteiger partial charge is 0.371 e. The predicted molar refractivity (Wildman–Crippen MR) is 76.9 cm³/mol. The van der Waals surface area contributed by atoms with Crippen LogP contribution in [0.15, 0.2) is 35.6 Å². The Morgan fingerprint density at radius 2 is 2.00 bits per heavy atom. The monoisotopic (exact) mass is 233 g/mol. The fourth-order valence-electron chi connectivity index (χ4n) is 2.38. The highest BCUT2D eigenvalue weighted by Crippen LogP contribution is 2.32. The van der Waals surface area contributed by atoms with Crippen LogP contribution in [0.4, 0.5) is 0 Å². The van der Waals surface area contributed by atoms with Crippen LogP contribution in [-0.4, -0.2) is 17.0 Å². The third-order valence-corrected chi connectivity index (χ3v) is 3.53. The molecule has 0 aromatic rings. The summed E-state index contributed by atoms with van der Waals surface area (Å²) in [7, 11) is 0. The van der Waals surface area contributed by atoms with Crippen molar-refractivity contribution in [2.45, 2.75) is 60.0 Å². The molecule has 0 spiro atoms. The van der Waals surface area contributed by atoms with Crippen LogP contribution in [0.25, 0.3) is 0 Å². The lowest BCUT2D eigenvalue weighted by Gasteiger charge is -2.32. The summed E-state index contributed by atoms with van der Waals surface area (Å²) in [6, 6.07) is 1.26. The van der Waals surface area contributed by atoms with Crippen LogP contribution in [0.5, 0.6) is 0 Å². The van der Waals surface area contributed by atoms with Gasteiger partial charge in [-0.05, 0) is 51.2 Å². The summed E-state index contributed by atoms with van der Waals surface area (Å²) >= 11 is 0. The highest BCUT2D eigenvalue weighted by molar-refractivity contribution is 5.35. The molecule has 0 unspecified atom stereocenters. The molecule has 0 amide bonds. The van der Waals surface area contributed by atoms with E-state index in [4.69, 9.17) is 0 Å². The van der Waals surface area contributed by atoms with E-state index in [1.165, 1.54) is 17.6 Å². The van der Waals surface area contributed by atoms with E-state index in [1.54, 1.807) is 0 Å². The third kappa shape index (κ3) is 3.49. The van der Waals surface area contributed by atoms with Gasteiger partial charge in [-0.3, -0.25) is 0 Å². The molecular formula is C16H27N. The average molecular weight is 233 g/mol. The second-order valence-corrected chi connectivity index (χ2v) is 5.59. The van der Waals surface area contributed by atoms with E-state index in [1.807, 2.05) is 0 Å². The Hall–Kier alpha value is -0.980. The first kappa shape index (κ1) is 14.1. The maximum atomic E-state index is 2.52.